The molecule has 0 radical (unpaired) electrons. The zero-order chi connectivity index (χ0) is 16.3. The van der Waals surface area contributed by atoms with Gasteiger partial charge in [-0.2, -0.15) is 0 Å². The molecule has 1 N–H and O–H groups in total. The zero-order valence-corrected chi connectivity index (χ0v) is 14.1. The van der Waals surface area contributed by atoms with Crippen molar-refractivity contribution in [1.82, 2.24) is 10.4 Å². The Bertz CT molecular complexity index is 542. The number of benzene rings is 1. The van der Waals surface area contributed by atoms with E-state index < -0.39 is 11.7 Å². The van der Waals surface area contributed by atoms with Gasteiger partial charge in [0, 0.05) is 0 Å². The van der Waals surface area contributed by atoms with Gasteiger partial charge in [0.1, 0.15) is 16.6 Å². The van der Waals surface area contributed by atoms with E-state index in [9.17, 15) is 4.79 Å². The van der Waals surface area contributed by atoms with Crippen molar-refractivity contribution in [1.29, 1.82) is 0 Å². The molecule has 6 heteroatoms. The minimum absolute atomic E-state index is 0.0243. The fourth-order valence-electron chi connectivity index (χ4n) is 2.11. The van der Waals surface area contributed by atoms with Crippen LogP contribution in [-0.2, 0) is 16.2 Å². The van der Waals surface area contributed by atoms with Gasteiger partial charge in [-0.15, -0.1) is 0 Å². The summed E-state index contributed by atoms with van der Waals surface area (Å²) in [5.74, 6) is 0. The third-order valence-corrected chi connectivity index (χ3v) is 3.65. The summed E-state index contributed by atoms with van der Waals surface area (Å²) in [6.45, 7) is 7.87. The van der Waals surface area contributed by atoms with Gasteiger partial charge in [-0.3, -0.25) is 4.84 Å². The molecule has 1 amide bonds. The van der Waals surface area contributed by atoms with Crippen molar-refractivity contribution < 1.29 is 14.4 Å². The maximum atomic E-state index is 11.8. The molecular weight excluding hydrogens is 300 g/mol. The average Bonchev–Trinajstić information content (AvgIpc) is 2.44. The third kappa shape index (κ3) is 4.18. The molecule has 5 nitrogen and oxygen atoms in total. The van der Waals surface area contributed by atoms with E-state index in [0.29, 0.717) is 11.6 Å². The zero-order valence-electron chi connectivity index (χ0n) is 13.3. The van der Waals surface area contributed by atoms with Crippen LogP contribution in [0, 0.1) is 0 Å². The molecule has 1 fully saturated rings. The second-order valence-electron chi connectivity index (χ2n) is 6.29. The van der Waals surface area contributed by atoms with E-state index >= 15 is 0 Å². The smallest absolute Gasteiger partial charge is 0.408 e. The number of rotatable bonds is 4. The van der Waals surface area contributed by atoms with Crippen molar-refractivity contribution in [3.05, 3.63) is 35.9 Å². The molecule has 0 aromatic heterocycles. The summed E-state index contributed by atoms with van der Waals surface area (Å²) in [7, 11) is 0. The number of carbonyl (C=O) groups excluding carboxylic acids is 1. The van der Waals surface area contributed by atoms with E-state index in [1.54, 1.807) is 5.06 Å². The Balaban J connectivity index is 1.82. The van der Waals surface area contributed by atoms with Crippen LogP contribution in [0.25, 0.3) is 0 Å². The van der Waals surface area contributed by atoms with E-state index in [0.717, 1.165) is 5.56 Å². The number of alkyl carbamates (subject to hydrolysis) is 1. The lowest BCUT2D eigenvalue weighted by Crippen LogP contribution is -2.68. The molecule has 0 saturated carbocycles. The highest BCUT2D eigenvalue weighted by molar-refractivity contribution is 7.80. The van der Waals surface area contributed by atoms with Crippen LogP contribution in [0.4, 0.5) is 4.79 Å². The summed E-state index contributed by atoms with van der Waals surface area (Å²) in [4.78, 5) is 18.1. The lowest BCUT2D eigenvalue weighted by atomic mass is 10.0. The molecule has 1 aliphatic rings. The van der Waals surface area contributed by atoms with Gasteiger partial charge < -0.3 is 10.1 Å². The summed E-state index contributed by atoms with van der Waals surface area (Å²) in [5.41, 5.74) is 0.545. The second kappa shape index (κ2) is 6.62. The number of amides is 1. The van der Waals surface area contributed by atoms with Crippen LogP contribution < -0.4 is 5.32 Å². The average molecular weight is 322 g/mol. The van der Waals surface area contributed by atoms with E-state index in [2.05, 4.69) is 5.32 Å². The highest BCUT2D eigenvalue weighted by Crippen LogP contribution is 2.23. The van der Waals surface area contributed by atoms with Crippen molar-refractivity contribution in [2.45, 2.75) is 52.0 Å². The minimum atomic E-state index is -0.526. The van der Waals surface area contributed by atoms with E-state index in [4.69, 9.17) is 21.8 Å². The number of ether oxygens (including phenoxy) is 1. The van der Waals surface area contributed by atoms with Gasteiger partial charge in [-0.1, -0.05) is 42.5 Å². The van der Waals surface area contributed by atoms with Crippen molar-refractivity contribution >= 4 is 23.3 Å². The van der Waals surface area contributed by atoms with Crippen LogP contribution in [0.5, 0.6) is 0 Å². The Morgan fingerprint density at radius 1 is 1.32 bits per heavy atom. The van der Waals surface area contributed by atoms with Gasteiger partial charge in [0.25, 0.3) is 0 Å². The summed E-state index contributed by atoms with van der Waals surface area (Å²) in [6.07, 6.45) is -0.464. The lowest BCUT2D eigenvalue weighted by Gasteiger charge is -2.46. The second-order valence-corrected chi connectivity index (χ2v) is 6.71. The Kier molecular flexibility index (Phi) is 5.03. The number of carbonyl (C=O) groups is 1. The number of hydrogen-bond donors (Lipinski definition) is 1. The Morgan fingerprint density at radius 3 is 2.50 bits per heavy atom. The van der Waals surface area contributed by atoms with Crippen LogP contribution in [-0.4, -0.2) is 33.8 Å². The van der Waals surface area contributed by atoms with Gasteiger partial charge in [0.2, 0.25) is 0 Å². The van der Waals surface area contributed by atoms with Gasteiger partial charge in [-0.25, -0.2) is 9.86 Å². The summed E-state index contributed by atoms with van der Waals surface area (Å²) in [5, 5.41) is 4.43. The monoisotopic (exact) mass is 322 g/mol. The Morgan fingerprint density at radius 2 is 1.95 bits per heavy atom. The number of thiocarbonyl (C=S) groups is 1. The first-order chi connectivity index (χ1) is 10.3. The van der Waals surface area contributed by atoms with Crippen molar-refractivity contribution in [3.63, 3.8) is 0 Å². The van der Waals surface area contributed by atoms with Gasteiger partial charge in [0.05, 0.1) is 12.6 Å². The normalized spacial score (nSPS) is 21.3. The quantitative estimate of drug-likeness (QED) is 0.864. The summed E-state index contributed by atoms with van der Waals surface area (Å²) >= 11 is 5.31. The summed E-state index contributed by atoms with van der Waals surface area (Å²) in [6, 6.07) is 9.60. The third-order valence-electron chi connectivity index (χ3n) is 3.22. The fourth-order valence-corrected chi connectivity index (χ4v) is 2.59. The molecule has 2 atom stereocenters. The SMILES string of the molecule is C[C@H]1[C@H](NC(=O)OC(C)(C)C)C(=S)N1OCc1ccccc1. The van der Waals surface area contributed by atoms with E-state index in [1.807, 2.05) is 58.0 Å². The summed E-state index contributed by atoms with van der Waals surface area (Å²) < 4.78 is 5.24. The van der Waals surface area contributed by atoms with Crippen LogP contribution in [0.3, 0.4) is 0 Å². The molecule has 0 spiro atoms. The van der Waals surface area contributed by atoms with E-state index in [-0.39, 0.29) is 12.1 Å². The van der Waals surface area contributed by atoms with Crippen LogP contribution in [0.15, 0.2) is 30.3 Å². The number of hydrogen-bond acceptors (Lipinski definition) is 4. The molecule has 0 bridgehead atoms. The first-order valence-electron chi connectivity index (χ1n) is 7.27. The Labute approximate surface area is 136 Å². The minimum Gasteiger partial charge on any atom is -0.444 e. The first-order valence-corrected chi connectivity index (χ1v) is 7.68. The van der Waals surface area contributed by atoms with Crippen molar-refractivity contribution in [2.75, 3.05) is 0 Å². The fraction of sp³-hybridized carbons (Fsp3) is 0.500. The van der Waals surface area contributed by atoms with Crippen LogP contribution >= 0.6 is 12.2 Å². The molecule has 1 aromatic rings. The molecule has 1 heterocycles. The largest absolute Gasteiger partial charge is 0.444 e. The molecule has 1 aliphatic heterocycles. The van der Waals surface area contributed by atoms with Gasteiger partial charge >= 0.3 is 6.09 Å². The van der Waals surface area contributed by atoms with Gasteiger partial charge in [0.15, 0.2) is 0 Å². The van der Waals surface area contributed by atoms with Crippen LogP contribution in [0.2, 0.25) is 0 Å². The molecule has 0 aliphatic carbocycles. The van der Waals surface area contributed by atoms with E-state index in [1.165, 1.54) is 0 Å². The Hall–Kier alpha value is -1.66. The topological polar surface area (TPSA) is 50.8 Å². The lowest BCUT2D eigenvalue weighted by molar-refractivity contribution is -0.163. The first kappa shape index (κ1) is 16.7. The maximum Gasteiger partial charge on any atom is 0.408 e. The number of hydroxylamine groups is 2. The number of nitrogens with one attached hydrogen (secondary N) is 1. The molecular formula is C16H22N2O3S. The van der Waals surface area contributed by atoms with Crippen molar-refractivity contribution in [2.24, 2.45) is 0 Å². The standard InChI is InChI=1S/C16H22N2O3S/c1-11-13(17-15(19)21-16(2,3)4)14(22)18(11)20-10-12-8-6-5-7-9-12/h5-9,11,13H,10H2,1-4H3,(H,17,19)/t11-,13-/m0/s1. The molecule has 1 aromatic carbocycles. The molecule has 22 heavy (non-hydrogen) atoms. The van der Waals surface area contributed by atoms with Gasteiger partial charge in [-0.05, 0) is 33.3 Å². The molecule has 0 unspecified atom stereocenters. The highest BCUT2D eigenvalue weighted by atomic mass is 32.1. The van der Waals surface area contributed by atoms with Crippen molar-refractivity contribution in [3.8, 4) is 0 Å². The highest BCUT2D eigenvalue weighted by Gasteiger charge is 2.43. The maximum absolute atomic E-state index is 11.8. The number of nitrogens with zero attached hydrogens (tertiary/aromatic N) is 1. The molecule has 1 saturated heterocycles. The van der Waals surface area contributed by atoms with Crippen LogP contribution in [0.1, 0.15) is 33.3 Å². The predicted octanol–water partition coefficient (Wildman–Crippen LogP) is 3.04. The molecule has 120 valence electrons. The predicted molar refractivity (Wildman–Crippen MR) is 88.3 cm³/mol. The molecule has 2 rings (SSSR count).